The summed E-state index contributed by atoms with van der Waals surface area (Å²) in [6.45, 7) is 2.70. The summed E-state index contributed by atoms with van der Waals surface area (Å²) in [5.74, 6) is -0.372. The third kappa shape index (κ3) is 4.78. The van der Waals surface area contributed by atoms with Gasteiger partial charge in [0.05, 0.1) is 27.9 Å². The molecule has 3 aromatic heterocycles. The Hall–Kier alpha value is -2.80. The standard InChI is InChI=1S/C19H20Cl2N6O5S/c1-8-12(20)13(21)15(23-8)16(28)24-9-4-6-27(7-11(9)31-2)18-25-14(10-3-5-22-26-10)17(33-18)32-19(29)30/h3,5,9,11,23H,4,6-7H2,1-2H3,(H,22,26)(H,24,28)(H,29,30)/t9-,11+/m1/s1. The second kappa shape index (κ2) is 9.59. The van der Waals surface area contributed by atoms with Gasteiger partial charge in [0.15, 0.2) is 5.13 Å². The number of hydrogen-bond acceptors (Lipinski definition) is 8. The normalized spacial score (nSPS) is 18.4. The van der Waals surface area contributed by atoms with E-state index >= 15 is 0 Å². The van der Waals surface area contributed by atoms with Crippen LogP contribution in [0.2, 0.25) is 10.0 Å². The Bertz CT molecular complexity index is 1160. The number of methoxy groups -OCH3 is 1. The van der Waals surface area contributed by atoms with Crippen molar-refractivity contribution < 1.29 is 24.2 Å². The average Bonchev–Trinajstić information content (AvgIpc) is 3.50. The predicted molar refractivity (Wildman–Crippen MR) is 123 cm³/mol. The fourth-order valence-corrected chi connectivity index (χ4v) is 4.98. The van der Waals surface area contributed by atoms with Crippen molar-refractivity contribution in [2.24, 2.45) is 0 Å². The Labute approximate surface area is 202 Å². The molecule has 0 radical (unpaired) electrons. The summed E-state index contributed by atoms with van der Waals surface area (Å²) in [5, 5.41) is 19.9. The van der Waals surface area contributed by atoms with Crippen LogP contribution in [0.15, 0.2) is 12.3 Å². The van der Waals surface area contributed by atoms with Crippen molar-refractivity contribution in [3.8, 4) is 16.5 Å². The number of aryl methyl sites for hydroxylation is 1. The average molecular weight is 515 g/mol. The number of hydrogen-bond donors (Lipinski definition) is 4. The zero-order valence-electron chi connectivity index (χ0n) is 17.5. The van der Waals surface area contributed by atoms with Gasteiger partial charge in [-0.05, 0) is 19.4 Å². The first kappa shape index (κ1) is 23.4. The Balaban J connectivity index is 1.50. The number of H-pyrrole nitrogens is 2. The first-order valence-corrected chi connectivity index (χ1v) is 11.4. The van der Waals surface area contributed by atoms with E-state index in [1.807, 2.05) is 4.90 Å². The number of aromatic nitrogens is 4. The Kier molecular flexibility index (Phi) is 6.79. The van der Waals surface area contributed by atoms with E-state index in [1.165, 1.54) is 0 Å². The number of nitrogens with one attached hydrogen (secondary N) is 3. The summed E-state index contributed by atoms with van der Waals surface area (Å²) < 4.78 is 10.6. The number of aromatic amines is 2. The van der Waals surface area contributed by atoms with Gasteiger partial charge in [0.2, 0.25) is 5.06 Å². The van der Waals surface area contributed by atoms with E-state index in [0.29, 0.717) is 46.7 Å². The van der Waals surface area contributed by atoms with Gasteiger partial charge < -0.3 is 29.8 Å². The third-order valence-electron chi connectivity index (χ3n) is 5.25. The number of nitrogens with zero attached hydrogens (tertiary/aromatic N) is 3. The summed E-state index contributed by atoms with van der Waals surface area (Å²) >= 11 is 13.3. The largest absolute Gasteiger partial charge is 0.512 e. The molecule has 0 aromatic carbocycles. The molecule has 0 aliphatic carbocycles. The molecule has 1 aliphatic heterocycles. The third-order valence-corrected chi connectivity index (χ3v) is 7.19. The summed E-state index contributed by atoms with van der Waals surface area (Å²) in [6.07, 6.45) is 0.319. The first-order chi connectivity index (χ1) is 15.8. The van der Waals surface area contributed by atoms with Gasteiger partial charge in [-0.15, -0.1) is 0 Å². The highest BCUT2D eigenvalue weighted by atomic mass is 35.5. The number of ether oxygens (including phenoxy) is 2. The number of piperidine rings is 1. The van der Waals surface area contributed by atoms with Crippen LogP contribution in [-0.4, -0.2) is 69.7 Å². The van der Waals surface area contributed by atoms with Crippen LogP contribution in [-0.2, 0) is 4.74 Å². The highest BCUT2D eigenvalue weighted by molar-refractivity contribution is 7.18. The molecule has 1 fully saturated rings. The molecule has 0 unspecified atom stereocenters. The fraction of sp³-hybridized carbons (Fsp3) is 0.368. The van der Waals surface area contributed by atoms with E-state index in [2.05, 4.69) is 25.5 Å². The van der Waals surface area contributed by atoms with E-state index in [-0.39, 0.29) is 33.8 Å². The smallest absolute Gasteiger partial charge is 0.449 e. The second-order valence-corrected chi connectivity index (χ2v) is 9.01. The Morgan fingerprint density at radius 1 is 1.36 bits per heavy atom. The van der Waals surface area contributed by atoms with Gasteiger partial charge >= 0.3 is 6.16 Å². The molecule has 0 bridgehead atoms. The fourth-order valence-electron chi connectivity index (χ4n) is 3.60. The molecule has 4 heterocycles. The van der Waals surface area contributed by atoms with Gasteiger partial charge in [-0.3, -0.25) is 9.89 Å². The zero-order chi connectivity index (χ0) is 23.7. The molecular weight excluding hydrogens is 495 g/mol. The molecule has 4 rings (SSSR count). The van der Waals surface area contributed by atoms with Crippen LogP contribution in [0.5, 0.6) is 5.06 Å². The highest BCUT2D eigenvalue weighted by Crippen LogP contribution is 2.40. The van der Waals surface area contributed by atoms with Crippen molar-refractivity contribution in [1.82, 2.24) is 25.5 Å². The lowest BCUT2D eigenvalue weighted by Crippen LogP contribution is -2.55. The number of thiazole rings is 1. The summed E-state index contributed by atoms with van der Waals surface area (Å²) in [5.41, 5.74) is 1.71. The molecule has 11 nitrogen and oxygen atoms in total. The number of carbonyl (C=O) groups excluding carboxylic acids is 1. The van der Waals surface area contributed by atoms with Crippen LogP contribution < -0.4 is 15.0 Å². The molecule has 0 spiro atoms. The molecule has 33 heavy (non-hydrogen) atoms. The van der Waals surface area contributed by atoms with E-state index in [0.717, 1.165) is 11.3 Å². The van der Waals surface area contributed by atoms with Crippen molar-refractivity contribution in [2.75, 3.05) is 25.1 Å². The second-order valence-electron chi connectivity index (χ2n) is 7.31. The van der Waals surface area contributed by atoms with Gasteiger partial charge in [0.1, 0.15) is 11.4 Å². The van der Waals surface area contributed by atoms with Crippen LogP contribution in [0.3, 0.4) is 0 Å². The minimum absolute atomic E-state index is 0.139. The minimum atomic E-state index is -1.43. The molecule has 4 N–H and O–H groups in total. The van der Waals surface area contributed by atoms with E-state index in [4.69, 9.17) is 37.8 Å². The van der Waals surface area contributed by atoms with Crippen LogP contribution in [0.25, 0.3) is 11.4 Å². The summed E-state index contributed by atoms with van der Waals surface area (Å²) in [6, 6.07) is 1.39. The van der Waals surface area contributed by atoms with Gasteiger partial charge in [0, 0.05) is 32.1 Å². The molecular formula is C19H20Cl2N6O5S. The van der Waals surface area contributed by atoms with Crippen LogP contribution >= 0.6 is 34.5 Å². The van der Waals surface area contributed by atoms with Crippen LogP contribution in [0.1, 0.15) is 22.6 Å². The maximum Gasteiger partial charge on any atom is 0.512 e. The van der Waals surface area contributed by atoms with Crippen molar-refractivity contribution in [1.29, 1.82) is 0 Å². The molecule has 1 aliphatic rings. The quantitative estimate of drug-likeness (QED) is 0.365. The maximum absolute atomic E-state index is 12.7. The van der Waals surface area contributed by atoms with E-state index in [1.54, 1.807) is 26.3 Å². The van der Waals surface area contributed by atoms with Crippen LogP contribution in [0, 0.1) is 6.92 Å². The van der Waals surface area contributed by atoms with Gasteiger partial charge in [-0.25, -0.2) is 9.78 Å². The molecule has 3 aromatic rings. The van der Waals surface area contributed by atoms with Gasteiger partial charge in [-0.1, -0.05) is 34.5 Å². The topological polar surface area (TPSA) is 145 Å². The van der Waals surface area contributed by atoms with Crippen molar-refractivity contribution in [2.45, 2.75) is 25.5 Å². The first-order valence-electron chi connectivity index (χ1n) is 9.82. The van der Waals surface area contributed by atoms with Gasteiger partial charge in [-0.2, -0.15) is 5.10 Å². The number of rotatable bonds is 6. The lowest BCUT2D eigenvalue weighted by molar-refractivity contribution is 0.0540. The van der Waals surface area contributed by atoms with Crippen LogP contribution in [0.4, 0.5) is 9.93 Å². The monoisotopic (exact) mass is 514 g/mol. The van der Waals surface area contributed by atoms with Crippen molar-refractivity contribution in [3.05, 3.63) is 33.7 Å². The molecule has 14 heteroatoms. The number of carboxylic acid groups (broad SMARTS) is 1. The van der Waals surface area contributed by atoms with Crippen molar-refractivity contribution in [3.63, 3.8) is 0 Å². The Morgan fingerprint density at radius 3 is 2.76 bits per heavy atom. The number of halogens is 2. The summed E-state index contributed by atoms with van der Waals surface area (Å²) in [7, 11) is 1.56. The molecule has 0 saturated carbocycles. The van der Waals surface area contributed by atoms with Crippen molar-refractivity contribution >= 4 is 51.7 Å². The predicted octanol–water partition coefficient (Wildman–Crippen LogP) is 3.56. The molecule has 2 atom stereocenters. The van der Waals surface area contributed by atoms with E-state index in [9.17, 15) is 9.59 Å². The Morgan fingerprint density at radius 2 is 2.15 bits per heavy atom. The molecule has 1 saturated heterocycles. The molecule has 176 valence electrons. The SMILES string of the molecule is CO[C@H]1CN(c2nc(-c3ccn[nH]3)c(OC(=O)O)s2)CC[C@H]1NC(=O)c1[nH]c(C)c(Cl)c1Cl. The van der Waals surface area contributed by atoms with Gasteiger partial charge in [0.25, 0.3) is 5.91 Å². The minimum Gasteiger partial charge on any atom is -0.449 e. The lowest BCUT2D eigenvalue weighted by Gasteiger charge is -2.37. The number of carbonyl (C=O) groups is 2. The highest BCUT2D eigenvalue weighted by Gasteiger charge is 2.34. The van der Waals surface area contributed by atoms with E-state index < -0.39 is 6.16 Å². The summed E-state index contributed by atoms with van der Waals surface area (Å²) in [4.78, 5) is 33.3. The maximum atomic E-state index is 12.7. The number of amides is 1. The molecule has 1 amide bonds. The zero-order valence-corrected chi connectivity index (χ0v) is 19.8. The lowest BCUT2D eigenvalue weighted by atomic mass is 10.0. The number of anilines is 1.